The maximum atomic E-state index is 13.2. The number of nitrogens with one attached hydrogen (secondary N) is 3. The summed E-state index contributed by atoms with van der Waals surface area (Å²) in [6.07, 6.45) is 3.48. The molecule has 0 saturated carbocycles. The number of fused-ring (bicyclic) bond motifs is 1. The number of ether oxygens (including phenoxy) is 1. The number of amides is 1. The summed E-state index contributed by atoms with van der Waals surface area (Å²) in [7, 11) is 3.20. The van der Waals surface area contributed by atoms with Crippen LogP contribution in [0.3, 0.4) is 0 Å². The third kappa shape index (κ3) is 7.32. The fourth-order valence-electron chi connectivity index (χ4n) is 5.96. The number of methoxy groups -OCH3 is 1. The molecule has 0 bridgehead atoms. The van der Waals surface area contributed by atoms with E-state index in [4.69, 9.17) is 44.5 Å². The van der Waals surface area contributed by atoms with Gasteiger partial charge in [-0.1, -0.05) is 71.2 Å². The quantitative estimate of drug-likeness (QED) is 0.124. The van der Waals surface area contributed by atoms with Gasteiger partial charge in [-0.15, -0.1) is 0 Å². The molecule has 0 unspecified atom stereocenters. The number of halogens is 4. The van der Waals surface area contributed by atoms with Crippen molar-refractivity contribution in [3.8, 4) is 39.4 Å². The summed E-state index contributed by atoms with van der Waals surface area (Å²) >= 11 is 20.9. The van der Waals surface area contributed by atoms with Gasteiger partial charge in [-0.05, 0) is 31.5 Å². The molecule has 6 rings (SSSR count). The lowest BCUT2D eigenvalue weighted by atomic mass is 9.97. The lowest BCUT2D eigenvalue weighted by molar-refractivity contribution is -0.119. The highest BCUT2D eigenvalue weighted by molar-refractivity contribution is 6.39. The van der Waals surface area contributed by atoms with Gasteiger partial charge in [-0.3, -0.25) is 18.5 Å². The Morgan fingerprint density at radius 2 is 1.71 bits per heavy atom. The predicted octanol–water partition coefficient (Wildman–Crippen LogP) is 6.22. The zero-order valence-corrected chi connectivity index (χ0v) is 29.2. The molecule has 1 atom stereocenters. The molecular formula is C35H35Cl3FN7O3. The fourth-order valence-corrected chi connectivity index (χ4v) is 6.87. The van der Waals surface area contributed by atoms with Crippen molar-refractivity contribution in [1.29, 1.82) is 0 Å². The largest absolute Gasteiger partial charge is 0.481 e. The Hall–Kier alpha value is -4.00. The summed E-state index contributed by atoms with van der Waals surface area (Å²) in [6, 6.07) is 14.8. The van der Waals surface area contributed by atoms with Crippen molar-refractivity contribution >= 4 is 46.2 Å². The first kappa shape index (κ1) is 34.8. The SMILES string of the molecule is COc1nc(-c2cccc(-c3cccc(-c4cc5c(=O)n(C)c(CNCCCF)nn5c4)c3Cl)c2Cl)cc(Cl)c1CNC[C@H]1CCC(=O)N1. The van der Waals surface area contributed by atoms with Crippen LogP contribution in [0.4, 0.5) is 4.39 Å². The van der Waals surface area contributed by atoms with E-state index >= 15 is 0 Å². The van der Waals surface area contributed by atoms with Gasteiger partial charge in [0.1, 0.15) is 11.3 Å². The second-order valence-corrected chi connectivity index (χ2v) is 13.0. The van der Waals surface area contributed by atoms with Crippen molar-refractivity contribution in [2.24, 2.45) is 7.05 Å². The minimum absolute atomic E-state index is 0.0643. The lowest BCUT2D eigenvalue weighted by Crippen LogP contribution is -2.35. The summed E-state index contributed by atoms with van der Waals surface area (Å²) in [5.41, 5.74) is 4.85. The molecule has 1 fully saturated rings. The van der Waals surface area contributed by atoms with Gasteiger partial charge in [0.25, 0.3) is 5.56 Å². The molecule has 3 aromatic heterocycles. The molecule has 1 aliphatic heterocycles. The predicted molar refractivity (Wildman–Crippen MR) is 191 cm³/mol. The highest BCUT2D eigenvalue weighted by Crippen LogP contribution is 2.43. The number of hydrogen-bond acceptors (Lipinski definition) is 7. The van der Waals surface area contributed by atoms with Crippen molar-refractivity contribution in [2.75, 3.05) is 26.9 Å². The van der Waals surface area contributed by atoms with Crippen molar-refractivity contribution in [1.82, 2.24) is 35.1 Å². The van der Waals surface area contributed by atoms with Gasteiger partial charge in [0.2, 0.25) is 11.8 Å². The maximum absolute atomic E-state index is 13.2. The van der Waals surface area contributed by atoms with E-state index in [9.17, 15) is 14.0 Å². The topological polar surface area (TPSA) is 115 Å². The average molecular weight is 727 g/mol. The van der Waals surface area contributed by atoms with Crippen LogP contribution in [0.1, 0.15) is 30.7 Å². The molecule has 0 spiro atoms. The summed E-state index contributed by atoms with van der Waals surface area (Å²) in [5.74, 6) is 0.955. The number of alkyl halides is 1. The molecule has 49 heavy (non-hydrogen) atoms. The lowest BCUT2D eigenvalue weighted by Gasteiger charge is -2.16. The van der Waals surface area contributed by atoms with Gasteiger partial charge in [0.15, 0.2) is 0 Å². The van der Waals surface area contributed by atoms with Gasteiger partial charge >= 0.3 is 0 Å². The van der Waals surface area contributed by atoms with Crippen LogP contribution in [0.2, 0.25) is 15.1 Å². The number of benzene rings is 2. The molecule has 5 aromatic rings. The van der Waals surface area contributed by atoms with E-state index in [1.807, 2.05) is 36.4 Å². The fraction of sp³-hybridized carbons (Fsp3) is 0.314. The second-order valence-electron chi connectivity index (χ2n) is 11.8. The highest BCUT2D eigenvalue weighted by atomic mass is 35.5. The number of rotatable bonds is 13. The molecule has 3 N–H and O–H groups in total. The first-order valence-electron chi connectivity index (χ1n) is 15.9. The van der Waals surface area contributed by atoms with E-state index < -0.39 is 6.67 Å². The van der Waals surface area contributed by atoms with Crippen LogP contribution in [-0.4, -0.2) is 58.0 Å². The van der Waals surface area contributed by atoms with Crippen molar-refractivity contribution in [3.05, 3.63) is 91.5 Å². The Morgan fingerprint density at radius 3 is 2.41 bits per heavy atom. The van der Waals surface area contributed by atoms with Crippen molar-refractivity contribution in [3.63, 3.8) is 0 Å². The van der Waals surface area contributed by atoms with Crippen LogP contribution in [0, 0.1) is 0 Å². The smallest absolute Gasteiger partial charge is 0.277 e. The molecule has 1 amide bonds. The first-order valence-corrected chi connectivity index (χ1v) is 17.0. The van der Waals surface area contributed by atoms with Crippen LogP contribution in [-0.2, 0) is 24.9 Å². The zero-order valence-electron chi connectivity index (χ0n) is 27.0. The Balaban J connectivity index is 1.29. The van der Waals surface area contributed by atoms with Crippen LogP contribution in [0.5, 0.6) is 5.88 Å². The molecule has 0 radical (unpaired) electrons. The summed E-state index contributed by atoms with van der Waals surface area (Å²) in [6.45, 7) is 1.41. The van der Waals surface area contributed by atoms with E-state index in [1.165, 1.54) is 11.7 Å². The molecule has 14 heteroatoms. The van der Waals surface area contributed by atoms with E-state index in [1.54, 1.807) is 29.9 Å². The van der Waals surface area contributed by atoms with Crippen LogP contribution < -0.4 is 26.2 Å². The van der Waals surface area contributed by atoms with E-state index in [0.29, 0.717) is 110 Å². The monoisotopic (exact) mass is 725 g/mol. The number of carbonyl (C=O) groups is 1. The number of pyridine rings is 1. The zero-order chi connectivity index (χ0) is 34.7. The number of carbonyl (C=O) groups excluding carboxylic acids is 1. The molecular weight excluding hydrogens is 692 g/mol. The molecule has 2 aromatic carbocycles. The van der Waals surface area contributed by atoms with E-state index in [-0.39, 0.29) is 17.5 Å². The normalized spacial score (nSPS) is 14.5. The first-order chi connectivity index (χ1) is 23.7. The number of hydrogen-bond donors (Lipinski definition) is 3. The van der Waals surface area contributed by atoms with Gasteiger partial charge in [-0.25, -0.2) is 9.50 Å². The van der Waals surface area contributed by atoms with Crippen LogP contribution >= 0.6 is 34.8 Å². The second kappa shape index (κ2) is 15.3. The number of aromatic nitrogens is 4. The van der Waals surface area contributed by atoms with E-state index in [2.05, 4.69) is 21.0 Å². The van der Waals surface area contributed by atoms with Crippen molar-refractivity contribution < 1.29 is 13.9 Å². The average Bonchev–Trinajstić information content (AvgIpc) is 3.72. The van der Waals surface area contributed by atoms with Gasteiger partial charge in [0.05, 0.1) is 41.1 Å². The Labute approximate surface area is 297 Å². The minimum atomic E-state index is -0.412. The van der Waals surface area contributed by atoms with Crippen LogP contribution in [0.25, 0.3) is 39.0 Å². The van der Waals surface area contributed by atoms with Gasteiger partial charge in [0, 0.05) is 72.2 Å². The molecule has 0 aliphatic carbocycles. The molecule has 256 valence electrons. The van der Waals surface area contributed by atoms with E-state index in [0.717, 1.165) is 6.42 Å². The molecule has 10 nitrogen and oxygen atoms in total. The summed E-state index contributed by atoms with van der Waals surface area (Å²) < 4.78 is 21.2. The summed E-state index contributed by atoms with van der Waals surface area (Å²) in [5, 5.41) is 15.4. The molecule has 1 aliphatic rings. The Kier molecular flexibility index (Phi) is 10.9. The molecule has 4 heterocycles. The van der Waals surface area contributed by atoms with Gasteiger partial charge < -0.3 is 20.7 Å². The van der Waals surface area contributed by atoms with Crippen molar-refractivity contribution in [2.45, 2.75) is 38.4 Å². The van der Waals surface area contributed by atoms with Crippen LogP contribution in [0.15, 0.2) is 59.5 Å². The minimum Gasteiger partial charge on any atom is -0.481 e. The number of nitrogens with zero attached hydrogens (tertiary/aromatic N) is 4. The highest BCUT2D eigenvalue weighted by Gasteiger charge is 2.22. The third-order valence-corrected chi connectivity index (χ3v) is 9.73. The Morgan fingerprint density at radius 1 is 1.00 bits per heavy atom. The Bertz CT molecular complexity index is 2080. The standard InChI is InChI=1S/C35H35Cl3FN7O3/c1-45-30(18-40-13-5-12-39)44-46-19-20(14-29(46)35(45)48)22-6-3-7-23(32(22)37)24-8-4-9-25(33(24)38)28-15-27(36)26(34(43-28)49-2)17-41-16-21-10-11-31(47)42-21/h3-4,6-9,14-15,19,21,40-41H,5,10-13,16-18H2,1-2H3,(H,42,47)/t21-/m1/s1. The summed E-state index contributed by atoms with van der Waals surface area (Å²) in [4.78, 5) is 29.5. The van der Waals surface area contributed by atoms with Gasteiger partial charge in [-0.2, -0.15) is 5.10 Å². The third-order valence-electron chi connectivity index (χ3n) is 8.58. The maximum Gasteiger partial charge on any atom is 0.277 e. The molecule has 1 saturated heterocycles.